The Labute approximate surface area is 191 Å². The molecule has 0 unspecified atom stereocenters. The van der Waals surface area contributed by atoms with Crippen LogP contribution in [0.1, 0.15) is 31.7 Å². The Morgan fingerprint density at radius 3 is 2.53 bits per heavy atom. The minimum absolute atomic E-state index is 0.102. The second-order valence-electron chi connectivity index (χ2n) is 7.34. The predicted octanol–water partition coefficient (Wildman–Crippen LogP) is 4.97. The van der Waals surface area contributed by atoms with Crippen LogP contribution in [0, 0.1) is 0 Å². The van der Waals surface area contributed by atoms with Crippen molar-refractivity contribution in [1.29, 1.82) is 0 Å². The van der Waals surface area contributed by atoms with Crippen molar-refractivity contribution >= 4 is 23.4 Å². The van der Waals surface area contributed by atoms with Crippen molar-refractivity contribution in [3.05, 3.63) is 78.8 Å². The molecule has 0 aliphatic carbocycles. The summed E-state index contributed by atoms with van der Waals surface area (Å²) in [5, 5.41) is 12.2. The van der Waals surface area contributed by atoms with E-state index in [2.05, 4.69) is 51.5 Å². The highest BCUT2D eigenvalue weighted by molar-refractivity contribution is 7.99. The highest BCUT2D eigenvalue weighted by atomic mass is 32.2. The lowest BCUT2D eigenvalue weighted by molar-refractivity contribution is -0.113. The summed E-state index contributed by atoms with van der Waals surface area (Å²) in [6.07, 6.45) is 5.96. The molecule has 0 aliphatic rings. The number of nitrogens with zero attached hydrogens (tertiary/aromatic N) is 5. The Kier molecular flexibility index (Phi) is 6.91. The molecule has 162 valence electrons. The predicted molar refractivity (Wildman–Crippen MR) is 127 cm³/mol. The van der Waals surface area contributed by atoms with Crippen LogP contribution in [0.2, 0.25) is 0 Å². The van der Waals surface area contributed by atoms with Crippen LogP contribution in [0.5, 0.6) is 0 Å². The fourth-order valence-electron chi connectivity index (χ4n) is 3.21. The first-order chi connectivity index (χ1) is 15.7. The van der Waals surface area contributed by atoms with E-state index in [-0.39, 0.29) is 11.7 Å². The normalized spacial score (nSPS) is 11.8. The summed E-state index contributed by atoms with van der Waals surface area (Å²) in [5.74, 6) is 1.18. The summed E-state index contributed by atoms with van der Waals surface area (Å²) in [6, 6.07) is 17.8. The Morgan fingerprint density at radius 2 is 1.84 bits per heavy atom. The van der Waals surface area contributed by atoms with E-state index in [9.17, 15) is 4.79 Å². The van der Waals surface area contributed by atoms with E-state index in [1.807, 2.05) is 47.0 Å². The lowest BCUT2D eigenvalue weighted by Crippen LogP contribution is -2.14. The lowest BCUT2D eigenvalue weighted by atomic mass is 9.99. The van der Waals surface area contributed by atoms with Crippen LogP contribution in [-0.2, 0) is 4.79 Å². The number of benzene rings is 2. The molecule has 2 heterocycles. The van der Waals surface area contributed by atoms with Gasteiger partial charge in [0.15, 0.2) is 11.0 Å². The van der Waals surface area contributed by atoms with Gasteiger partial charge in [0.05, 0.1) is 11.9 Å². The summed E-state index contributed by atoms with van der Waals surface area (Å²) in [7, 11) is 0. The number of carbonyl (C=O) groups is 1. The fourth-order valence-corrected chi connectivity index (χ4v) is 3.96. The third-order valence-electron chi connectivity index (χ3n) is 5.15. The number of amides is 1. The van der Waals surface area contributed by atoms with Crippen LogP contribution >= 0.6 is 11.8 Å². The fraction of sp³-hybridized carbons (Fsp3) is 0.208. The Hall–Kier alpha value is -3.52. The molecule has 0 radical (unpaired) electrons. The maximum atomic E-state index is 12.6. The van der Waals surface area contributed by atoms with Crippen molar-refractivity contribution in [3.63, 3.8) is 0 Å². The van der Waals surface area contributed by atoms with E-state index in [4.69, 9.17) is 0 Å². The van der Waals surface area contributed by atoms with Crippen molar-refractivity contribution < 1.29 is 4.79 Å². The topological polar surface area (TPSA) is 85.6 Å². The zero-order valence-electron chi connectivity index (χ0n) is 18.0. The third kappa shape index (κ3) is 5.03. The quantitative estimate of drug-likeness (QED) is 0.386. The number of para-hydroxylation sites is 1. The number of hydrogen-bond donors (Lipinski definition) is 1. The van der Waals surface area contributed by atoms with Gasteiger partial charge >= 0.3 is 0 Å². The zero-order chi connectivity index (χ0) is 22.3. The molecule has 0 saturated heterocycles. The van der Waals surface area contributed by atoms with Crippen LogP contribution < -0.4 is 5.32 Å². The van der Waals surface area contributed by atoms with Crippen molar-refractivity contribution in [2.24, 2.45) is 0 Å². The van der Waals surface area contributed by atoms with Crippen molar-refractivity contribution in [1.82, 2.24) is 24.7 Å². The molecule has 0 saturated carbocycles. The summed E-state index contributed by atoms with van der Waals surface area (Å²) in [5.41, 5.74) is 3.56. The lowest BCUT2D eigenvalue weighted by Gasteiger charge is -2.11. The summed E-state index contributed by atoms with van der Waals surface area (Å²) in [6.45, 7) is 4.37. The van der Waals surface area contributed by atoms with E-state index in [1.165, 1.54) is 17.3 Å². The number of rotatable bonds is 8. The zero-order valence-corrected chi connectivity index (χ0v) is 18.8. The number of thioether (sulfide) groups is 1. The second kappa shape index (κ2) is 10.2. The van der Waals surface area contributed by atoms with Gasteiger partial charge in [-0.3, -0.25) is 14.3 Å². The van der Waals surface area contributed by atoms with E-state index in [0.717, 1.165) is 17.8 Å². The van der Waals surface area contributed by atoms with Gasteiger partial charge in [-0.25, -0.2) is 4.98 Å². The molecule has 4 aromatic rings. The average molecular weight is 445 g/mol. The molecule has 2 aromatic heterocycles. The van der Waals surface area contributed by atoms with Crippen molar-refractivity contribution in [3.8, 4) is 17.2 Å². The van der Waals surface area contributed by atoms with Gasteiger partial charge in [-0.1, -0.05) is 55.9 Å². The van der Waals surface area contributed by atoms with Gasteiger partial charge in [0.25, 0.3) is 0 Å². The van der Waals surface area contributed by atoms with E-state index in [0.29, 0.717) is 22.6 Å². The SMILES string of the molecule is CC[C@@H](C)c1ccc(NC(=O)CSc2nnc(-c3cnccn3)n2-c2ccccc2)cc1. The summed E-state index contributed by atoms with van der Waals surface area (Å²) >= 11 is 1.33. The largest absolute Gasteiger partial charge is 0.325 e. The van der Waals surface area contributed by atoms with Crippen LogP contribution in [-0.4, -0.2) is 36.4 Å². The second-order valence-corrected chi connectivity index (χ2v) is 8.28. The van der Waals surface area contributed by atoms with Gasteiger partial charge in [-0.15, -0.1) is 10.2 Å². The van der Waals surface area contributed by atoms with E-state index in [1.54, 1.807) is 18.6 Å². The first-order valence-corrected chi connectivity index (χ1v) is 11.4. The summed E-state index contributed by atoms with van der Waals surface area (Å²) in [4.78, 5) is 21.1. The van der Waals surface area contributed by atoms with E-state index < -0.39 is 0 Å². The summed E-state index contributed by atoms with van der Waals surface area (Å²) < 4.78 is 1.89. The average Bonchev–Trinajstić information content (AvgIpc) is 3.28. The van der Waals surface area contributed by atoms with Gasteiger partial charge in [0.1, 0.15) is 5.69 Å². The third-order valence-corrected chi connectivity index (χ3v) is 6.08. The minimum Gasteiger partial charge on any atom is -0.325 e. The minimum atomic E-state index is -0.102. The molecule has 7 nitrogen and oxygen atoms in total. The van der Waals surface area contributed by atoms with Crippen LogP contribution in [0.25, 0.3) is 17.2 Å². The molecular weight excluding hydrogens is 420 g/mol. The van der Waals surface area contributed by atoms with Gasteiger partial charge in [-0.2, -0.15) is 0 Å². The van der Waals surface area contributed by atoms with Gasteiger partial charge in [-0.05, 0) is 42.2 Å². The number of carbonyl (C=O) groups excluding carboxylic acids is 1. The Balaban J connectivity index is 1.50. The highest BCUT2D eigenvalue weighted by Gasteiger charge is 2.18. The molecule has 0 spiro atoms. The molecule has 1 N–H and O–H groups in total. The number of aromatic nitrogens is 5. The number of nitrogens with one attached hydrogen (secondary N) is 1. The smallest absolute Gasteiger partial charge is 0.234 e. The molecule has 0 fully saturated rings. The highest BCUT2D eigenvalue weighted by Crippen LogP contribution is 2.27. The maximum Gasteiger partial charge on any atom is 0.234 e. The molecule has 1 amide bonds. The van der Waals surface area contributed by atoms with Gasteiger partial charge in [0.2, 0.25) is 5.91 Å². The molecule has 1 atom stereocenters. The standard InChI is InChI=1S/C24H24N6OS/c1-3-17(2)18-9-11-19(12-10-18)27-22(31)16-32-24-29-28-23(21-15-25-13-14-26-21)30(24)20-7-5-4-6-8-20/h4-15,17H,3,16H2,1-2H3,(H,27,31)/t17-/m1/s1. The molecule has 0 bridgehead atoms. The molecule has 32 heavy (non-hydrogen) atoms. The Bertz CT molecular complexity index is 1160. The number of hydrogen-bond acceptors (Lipinski definition) is 6. The Morgan fingerprint density at radius 1 is 1.06 bits per heavy atom. The van der Waals surface area contributed by atoms with Crippen molar-refractivity contribution in [2.75, 3.05) is 11.1 Å². The van der Waals surface area contributed by atoms with Crippen LogP contribution in [0.15, 0.2) is 78.3 Å². The molecule has 8 heteroatoms. The van der Waals surface area contributed by atoms with Crippen LogP contribution in [0.4, 0.5) is 5.69 Å². The van der Waals surface area contributed by atoms with Gasteiger partial charge in [0, 0.05) is 23.8 Å². The van der Waals surface area contributed by atoms with Crippen LogP contribution in [0.3, 0.4) is 0 Å². The monoisotopic (exact) mass is 444 g/mol. The molecule has 2 aromatic carbocycles. The first kappa shape index (κ1) is 21.7. The maximum absolute atomic E-state index is 12.6. The molecular formula is C24H24N6OS. The number of anilines is 1. The first-order valence-electron chi connectivity index (χ1n) is 10.5. The molecule has 4 rings (SSSR count). The van der Waals surface area contributed by atoms with Crippen molar-refractivity contribution in [2.45, 2.75) is 31.3 Å². The van der Waals surface area contributed by atoms with Gasteiger partial charge < -0.3 is 5.32 Å². The van der Waals surface area contributed by atoms with E-state index >= 15 is 0 Å². The molecule has 0 aliphatic heterocycles.